The molecule has 7 heteroatoms. The van der Waals surface area contributed by atoms with E-state index in [1.807, 2.05) is 109 Å². The van der Waals surface area contributed by atoms with Crippen molar-refractivity contribution < 1.29 is 14.3 Å². The molecule has 0 aliphatic heterocycles. The molecule has 0 bridgehead atoms. The van der Waals surface area contributed by atoms with Crippen molar-refractivity contribution in [2.75, 3.05) is 0 Å². The molecule has 0 atom stereocenters. The van der Waals surface area contributed by atoms with Gasteiger partial charge in [-0.05, 0) is 59.7 Å². The molecule has 4 rings (SSSR count). The van der Waals surface area contributed by atoms with Gasteiger partial charge in [0.05, 0.1) is 12.4 Å². The molecule has 4 aromatic rings. The van der Waals surface area contributed by atoms with Gasteiger partial charge < -0.3 is 9.47 Å². The Balaban J connectivity index is 1.26. The Hall–Kier alpha value is -4.91. The highest BCUT2D eigenvalue weighted by molar-refractivity contribution is 5.84. The number of urea groups is 1. The van der Waals surface area contributed by atoms with Crippen molar-refractivity contribution in [3.05, 3.63) is 120 Å². The number of benzene rings is 4. The van der Waals surface area contributed by atoms with Crippen LogP contribution in [-0.4, -0.2) is 18.5 Å². The van der Waals surface area contributed by atoms with Gasteiger partial charge in [-0.2, -0.15) is 10.2 Å². The maximum Gasteiger partial charge on any atom is 0.355 e. The van der Waals surface area contributed by atoms with Crippen LogP contribution in [0.4, 0.5) is 4.79 Å². The highest BCUT2D eigenvalue weighted by atomic mass is 16.5. The van der Waals surface area contributed by atoms with Crippen LogP contribution < -0.4 is 20.3 Å². The largest absolute Gasteiger partial charge is 0.457 e. The fourth-order valence-electron chi connectivity index (χ4n) is 2.92. The van der Waals surface area contributed by atoms with Crippen molar-refractivity contribution in [1.29, 1.82) is 0 Å². The SMILES string of the molecule is O=C(NN=Cc1cccc(Oc2ccccc2)c1)NN=Cc1cccc(Oc2ccccc2)c1. The number of rotatable bonds is 8. The normalized spacial score (nSPS) is 10.8. The fourth-order valence-corrected chi connectivity index (χ4v) is 2.92. The topological polar surface area (TPSA) is 84.3 Å². The summed E-state index contributed by atoms with van der Waals surface area (Å²) in [5.74, 6) is 2.82. The summed E-state index contributed by atoms with van der Waals surface area (Å²) in [6.07, 6.45) is 3.04. The van der Waals surface area contributed by atoms with Crippen molar-refractivity contribution in [1.82, 2.24) is 10.9 Å². The number of para-hydroxylation sites is 2. The number of hydrazone groups is 2. The minimum absolute atomic E-state index is 0.569. The standard InChI is InChI=1S/C27H22N4O3/c32-27(30-28-19-21-9-7-15-25(17-21)33-23-11-3-1-4-12-23)31-29-20-22-10-8-16-26(18-22)34-24-13-5-2-6-14-24/h1-20H,(H2,30,31,32). The molecule has 0 radical (unpaired) electrons. The van der Waals surface area contributed by atoms with Gasteiger partial charge in [-0.25, -0.2) is 15.6 Å². The number of hydrogen-bond donors (Lipinski definition) is 2. The van der Waals surface area contributed by atoms with E-state index in [1.165, 1.54) is 12.4 Å². The molecule has 0 heterocycles. The van der Waals surface area contributed by atoms with Gasteiger partial charge in [0.1, 0.15) is 23.0 Å². The molecule has 0 aliphatic rings. The van der Waals surface area contributed by atoms with E-state index in [4.69, 9.17) is 9.47 Å². The Morgan fingerprint density at radius 1 is 0.559 bits per heavy atom. The van der Waals surface area contributed by atoms with Crippen LogP contribution in [0, 0.1) is 0 Å². The van der Waals surface area contributed by atoms with Gasteiger partial charge in [0.25, 0.3) is 0 Å². The van der Waals surface area contributed by atoms with Gasteiger partial charge in [0.15, 0.2) is 0 Å². The van der Waals surface area contributed by atoms with Crippen LogP contribution in [0.15, 0.2) is 119 Å². The van der Waals surface area contributed by atoms with Gasteiger partial charge in [-0.1, -0.05) is 60.7 Å². The van der Waals surface area contributed by atoms with E-state index in [0.717, 1.165) is 22.6 Å². The molecule has 4 aromatic carbocycles. The van der Waals surface area contributed by atoms with Crippen LogP contribution in [0.1, 0.15) is 11.1 Å². The zero-order chi connectivity index (χ0) is 23.4. The number of hydrogen-bond acceptors (Lipinski definition) is 5. The van der Waals surface area contributed by atoms with E-state index in [0.29, 0.717) is 11.5 Å². The molecule has 34 heavy (non-hydrogen) atoms. The first-order chi connectivity index (χ1) is 16.7. The second-order valence-corrected chi connectivity index (χ2v) is 7.04. The van der Waals surface area contributed by atoms with Gasteiger partial charge in [0, 0.05) is 0 Å². The molecule has 0 aliphatic carbocycles. The highest BCUT2D eigenvalue weighted by Gasteiger charge is 2.00. The molecule has 0 aromatic heterocycles. The van der Waals surface area contributed by atoms with Gasteiger partial charge in [0.2, 0.25) is 0 Å². The number of amides is 2. The van der Waals surface area contributed by atoms with E-state index in [2.05, 4.69) is 21.1 Å². The molecule has 0 spiro atoms. The molecular formula is C27H22N4O3. The van der Waals surface area contributed by atoms with Gasteiger partial charge >= 0.3 is 6.03 Å². The molecular weight excluding hydrogens is 428 g/mol. The molecule has 2 amide bonds. The molecule has 0 saturated carbocycles. The van der Waals surface area contributed by atoms with Crippen LogP contribution in [-0.2, 0) is 0 Å². The second kappa shape index (κ2) is 11.6. The summed E-state index contributed by atoms with van der Waals surface area (Å²) in [4.78, 5) is 11.9. The number of carbonyl (C=O) groups is 1. The summed E-state index contributed by atoms with van der Waals surface area (Å²) in [5.41, 5.74) is 6.28. The van der Waals surface area contributed by atoms with Crippen LogP contribution in [0.25, 0.3) is 0 Å². The maximum absolute atomic E-state index is 11.9. The first kappa shape index (κ1) is 22.3. The highest BCUT2D eigenvalue weighted by Crippen LogP contribution is 2.22. The Morgan fingerprint density at radius 2 is 0.971 bits per heavy atom. The Morgan fingerprint density at radius 3 is 1.41 bits per heavy atom. The summed E-state index contributed by atoms with van der Waals surface area (Å²) in [5, 5.41) is 7.88. The van der Waals surface area contributed by atoms with E-state index in [-0.39, 0.29) is 0 Å². The molecule has 7 nitrogen and oxygen atoms in total. The summed E-state index contributed by atoms with van der Waals surface area (Å²) < 4.78 is 11.6. The van der Waals surface area contributed by atoms with Crippen molar-refractivity contribution in [3.8, 4) is 23.0 Å². The lowest BCUT2D eigenvalue weighted by Crippen LogP contribution is -2.28. The van der Waals surface area contributed by atoms with Crippen molar-refractivity contribution in [3.63, 3.8) is 0 Å². The second-order valence-electron chi connectivity index (χ2n) is 7.04. The summed E-state index contributed by atoms with van der Waals surface area (Å²) in [6, 6.07) is 33.1. The lowest BCUT2D eigenvalue weighted by atomic mass is 10.2. The molecule has 2 N–H and O–H groups in total. The average Bonchev–Trinajstić information content (AvgIpc) is 2.86. The third-order valence-corrected chi connectivity index (χ3v) is 4.43. The smallest absolute Gasteiger partial charge is 0.355 e. The lowest BCUT2D eigenvalue weighted by molar-refractivity contribution is 0.242. The predicted molar refractivity (Wildman–Crippen MR) is 133 cm³/mol. The van der Waals surface area contributed by atoms with Crippen LogP contribution in [0.5, 0.6) is 23.0 Å². The molecule has 0 fully saturated rings. The van der Waals surface area contributed by atoms with Crippen LogP contribution >= 0.6 is 0 Å². The van der Waals surface area contributed by atoms with Crippen LogP contribution in [0.2, 0.25) is 0 Å². The summed E-state index contributed by atoms with van der Waals surface area (Å²) in [6.45, 7) is 0. The zero-order valence-corrected chi connectivity index (χ0v) is 18.2. The predicted octanol–water partition coefficient (Wildman–Crippen LogP) is 5.94. The monoisotopic (exact) mass is 450 g/mol. The molecule has 168 valence electrons. The van der Waals surface area contributed by atoms with E-state index in [1.54, 1.807) is 0 Å². The third-order valence-electron chi connectivity index (χ3n) is 4.43. The van der Waals surface area contributed by atoms with Crippen molar-refractivity contribution in [2.24, 2.45) is 10.2 Å². The fraction of sp³-hybridized carbons (Fsp3) is 0. The average molecular weight is 450 g/mol. The van der Waals surface area contributed by atoms with E-state index in [9.17, 15) is 4.79 Å². The zero-order valence-electron chi connectivity index (χ0n) is 18.2. The third kappa shape index (κ3) is 7.06. The Bertz CT molecular complexity index is 1180. The van der Waals surface area contributed by atoms with Crippen molar-refractivity contribution in [2.45, 2.75) is 0 Å². The van der Waals surface area contributed by atoms with Gasteiger partial charge in [-0.15, -0.1) is 0 Å². The van der Waals surface area contributed by atoms with E-state index >= 15 is 0 Å². The molecule has 0 saturated heterocycles. The van der Waals surface area contributed by atoms with Gasteiger partial charge in [-0.3, -0.25) is 0 Å². The summed E-state index contributed by atoms with van der Waals surface area (Å²) in [7, 11) is 0. The quantitative estimate of drug-likeness (QED) is 0.257. The number of carbonyl (C=O) groups excluding carboxylic acids is 1. The summed E-state index contributed by atoms with van der Waals surface area (Å²) >= 11 is 0. The van der Waals surface area contributed by atoms with Crippen molar-refractivity contribution >= 4 is 18.5 Å². The maximum atomic E-state index is 11.9. The van der Waals surface area contributed by atoms with E-state index < -0.39 is 6.03 Å². The molecule has 0 unspecified atom stereocenters. The number of nitrogens with zero attached hydrogens (tertiary/aromatic N) is 2. The lowest BCUT2D eigenvalue weighted by Gasteiger charge is -2.06. The first-order valence-corrected chi connectivity index (χ1v) is 10.5. The Labute approximate surface area is 197 Å². The minimum atomic E-state index is -0.569. The minimum Gasteiger partial charge on any atom is -0.457 e. The Kier molecular flexibility index (Phi) is 7.63. The number of nitrogens with one attached hydrogen (secondary N) is 2. The van der Waals surface area contributed by atoms with Crippen LogP contribution in [0.3, 0.4) is 0 Å². The first-order valence-electron chi connectivity index (χ1n) is 10.5. The number of ether oxygens (including phenoxy) is 2.